The van der Waals surface area contributed by atoms with Crippen LogP contribution in [-0.4, -0.2) is 19.9 Å². The molecule has 108 valence electrons. The molecule has 1 heterocycles. The Labute approximate surface area is 123 Å². The van der Waals surface area contributed by atoms with E-state index in [2.05, 4.69) is 0 Å². The predicted molar refractivity (Wildman–Crippen MR) is 80.5 cm³/mol. The van der Waals surface area contributed by atoms with Crippen molar-refractivity contribution in [3.05, 3.63) is 45.6 Å². The summed E-state index contributed by atoms with van der Waals surface area (Å²) < 4.78 is 26.1. The first kappa shape index (κ1) is 15.0. The standard InChI is InChI=1S/C14H17NO3S2/c1-10-11(2)19-12(3)14(10)20(16,17)15(4)18-13-8-6-5-7-9-13/h5-9H,1-4H3. The molecular formula is C14H17NO3S2. The number of nitrogens with zero attached hydrogens (tertiary/aromatic N) is 1. The largest absolute Gasteiger partial charge is 0.391 e. The maximum atomic E-state index is 12.6. The minimum Gasteiger partial charge on any atom is -0.391 e. The monoisotopic (exact) mass is 311 g/mol. The summed E-state index contributed by atoms with van der Waals surface area (Å²) in [7, 11) is -2.25. The van der Waals surface area contributed by atoms with Crippen LogP contribution in [-0.2, 0) is 10.0 Å². The molecule has 1 aromatic carbocycles. The minimum atomic E-state index is -3.66. The van der Waals surface area contributed by atoms with Gasteiger partial charge in [-0.3, -0.25) is 0 Å². The summed E-state index contributed by atoms with van der Waals surface area (Å²) in [6, 6.07) is 8.86. The highest BCUT2D eigenvalue weighted by Crippen LogP contribution is 2.32. The Morgan fingerprint density at radius 1 is 1.05 bits per heavy atom. The summed E-state index contributed by atoms with van der Waals surface area (Å²) in [5, 5.41) is 0. The van der Waals surface area contributed by atoms with Gasteiger partial charge in [0.1, 0.15) is 10.6 Å². The van der Waals surface area contributed by atoms with Crippen molar-refractivity contribution in [3.8, 4) is 5.75 Å². The molecule has 0 aliphatic carbocycles. The fraction of sp³-hybridized carbons (Fsp3) is 0.286. The van der Waals surface area contributed by atoms with Gasteiger partial charge in [-0.2, -0.15) is 0 Å². The zero-order valence-electron chi connectivity index (χ0n) is 11.9. The topological polar surface area (TPSA) is 46.6 Å². The van der Waals surface area contributed by atoms with Crippen LogP contribution in [0.3, 0.4) is 0 Å². The lowest BCUT2D eigenvalue weighted by Gasteiger charge is -2.18. The number of thiophene rings is 1. The van der Waals surface area contributed by atoms with E-state index in [1.807, 2.05) is 26.8 Å². The van der Waals surface area contributed by atoms with Crippen LogP contribution in [0.2, 0.25) is 0 Å². The molecule has 0 fully saturated rings. The van der Waals surface area contributed by atoms with Crippen molar-refractivity contribution in [2.24, 2.45) is 0 Å². The SMILES string of the molecule is Cc1sc(C)c(S(=O)(=O)N(C)Oc2ccccc2)c1C. The molecule has 0 unspecified atom stereocenters. The van der Waals surface area contributed by atoms with Crippen molar-refractivity contribution in [2.75, 3.05) is 7.05 Å². The summed E-state index contributed by atoms with van der Waals surface area (Å²) >= 11 is 1.49. The number of sulfonamides is 1. The minimum absolute atomic E-state index is 0.346. The van der Waals surface area contributed by atoms with E-state index in [1.165, 1.54) is 18.4 Å². The molecule has 0 aliphatic rings. The van der Waals surface area contributed by atoms with E-state index >= 15 is 0 Å². The van der Waals surface area contributed by atoms with Crippen molar-refractivity contribution in [3.63, 3.8) is 0 Å². The molecule has 6 heteroatoms. The first-order valence-corrected chi connectivity index (χ1v) is 8.38. The average molecular weight is 311 g/mol. The summed E-state index contributed by atoms with van der Waals surface area (Å²) in [5.41, 5.74) is 0.788. The average Bonchev–Trinajstić information content (AvgIpc) is 2.64. The van der Waals surface area contributed by atoms with Gasteiger partial charge in [0.05, 0.1) is 0 Å². The predicted octanol–water partition coefficient (Wildman–Crippen LogP) is 3.29. The molecule has 0 amide bonds. The molecule has 2 aromatic rings. The van der Waals surface area contributed by atoms with Crippen LogP contribution in [0.1, 0.15) is 15.3 Å². The number of aryl methyl sites for hydroxylation is 2. The zero-order valence-corrected chi connectivity index (χ0v) is 13.5. The van der Waals surface area contributed by atoms with Crippen LogP contribution in [0.5, 0.6) is 5.75 Å². The zero-order chi connectivity index (χ0) is 14.9. The van der Waals surface area contributed by atoms with E-state index in [1.54, 1.807) is 24.3 Å². The third-order valence-corrected chi connectivity index (χ3v) is 6.20. The second kappa shape index (κ2) is 5.55. The Hall–Kier alpha value is -1.37. The number of hydrogen-bond donors (Lipinski definition) is 0. The van der Waals surface area contributed by atoms with Gasteiger partial charge in [0.15, 0.2) is 0 Å². The van der Waals surface area contributed by atoms with Gasteiger partial charge in [-0.05, 0) is 42.9 Å². The molecule has 2 rings (SSSR count). The van der Waals surface area contributed by atoms with E-state index in [9.17, 15) is 8.42 Å². The molecule has 0 N–H and O–H groups in total. The fourth-order valence-electron chi connectivity index (χ4n) is 1.96. The van der Waals surface area contributed by atoms with Crippen LogP contribution >= 0.6 is 11.3 Å². The Morgan fingerprint density at radius 3 is 2.15 bits per heavy atom. The Balaban J connectivity index is 2.35. The highest BCUT2D eigenvalue weighted by Gasteiger charge is 2.29. The number of hydroxylamine groups is 1. The van der Waals surface area contributed by atoms with E-state index < -0.39 is 10.0 Å². The lowest BCUT2D eigenvalue weighted by atomic mass is 10.3. The number of rotatable bonds is 4. The van der Waals surface area contributed by atoms with Crippen molar-refractivity contribution >= 4 is 21.4 Å². The maximum Gasteiger partial charge on any atom is 0.275 e. The lowest BCUT2D eigenvalue weighted by Crippen LogP contribution is -2.30. The maximum absolute atomic E-state index is 12.6. The van der Waals surface area contributed by atoms with E-state index in [-0.39, 0.29) is 0 Å². The summed E-state index contributed by atoms with van der Waals surface area (Å²) in [6.07, 6.45) is 0. The van der Waals surface area contributed by atoms with E-state index in [0.29, 0.717) is 10.6 Å². The Bertz CT molecular complexity index is 706. The van der Waals surface area contributed by atoms with Gasteiger partial charge >= 0.3 is 0 Å². The normalized spacial score (nSPS) is 11.8. The van der Waals surface area contributed by atoms with Gasteiger partial charge in [0.2, 0.25) is 0 Å². The molecular weight excluding hydrogens is 294 g/mol. The first-order valence-electron chi connectivity index (χ1n) is 6.12. The van der Waals surface area contributed by atoms with Gasteiger partial charge in [-0.25, -0.2) is 8.42 Å². The number of benzene rings is 1. The molecule has 0 atom stereocenters. The molecule has 4 nitrogen and oxygen atoms in total. The van der Waals surface area contributed by atoms with E-state index in [4.69, 9.17) is 4.84 Å². The van der Waals surface area contributed by atoms with Crippen molar-refractivity contribution in [1.82, 2.24) is 4.47 Å². The van der Waals surface area contributed by atoms with Gasteiger partial charge in [-0.15, -0.1) is 11.3 Å². The molecule has 0 bridgehead atoms. The molecule has 0 saturated heterocycles. The first-order chi connectivity index (χ1) is 9.34. The molecule has 20 heavy (non-hydrogen) atoms. The molecule has 0 radical (unpaired) electrons. The van der Waals surface area contributed by atoms with Crippen LogP contribution < -0.4 is 4.84 Å². The summed E-state index contributed by atoms with van der Waals surface area (Å²) in [6.45, 7) is 5.56. The highest BCUT2D eigenvalue weighted by atomic mass is 32.2. The lowest BCUT2D eigenvalue weighted by molar-refractivity contribution is 0.0644. The molecule has 0 saturated carbocycles. The van der Waals surface area contributed by atoms with Crippen LogP contribution in [0.15, 0.2) is 35.2 Å². The number of para-hydroxylation sites is 1. The summed E-state index contributed by atoms with van der Waals surface area (Å²) in [4.78, 5) is 7.54. The molecule has 0 aliphatic heterocycles. The van der Waals surface area contributed by atoms with Gasteiger partial charge in [-0.1, -0.05) is 18.2 Å². The Kier molecular flexibility index (Phi) is 4.17. The van der Waals surface area contributed by atoms with Gasteiger partial charge in [0, 0.05) is 16.8 Å². The quantitative estimate of drug-likeness (QED) is 0.814. The smallest absolute Gasteiger partial charge is 0.275 e. The van der Waals surface area contributed by atoms with Crippen LogP contribution in [0, 0.1) is 20.8 Å². The third-order valence-electron chi connectivity index (χ3n) is 3.07. The van der Waals surface area contributed by atoms with Crippen LogP contribution in [0.4, 0.5) is 0 Å². The highest BCUT2D eigenvalue weighted by molar-refractivity contribution is 7.89. The van der Waals surface area contributed by atoms with E-state index in [0.717, 1.165) is 19.8 Å². The van der Waals surface area contributed by atoms with Crippen molar-refractivity contribution in [1.29, 1.82) is 0 Å². The third kappa shape index (κ3) is 2.72. The molecule has 1 aromatic heterocycles. The van der Waals surface area contributed by atoms with Crippen LogP contribution in [0.25, 0.3) is 0 Å². The Morgan fingerprint density at radius 2 is 1.65 bits per heavy atom. The summed E-state index contributed by atoms with van der Waals surface area (Å²) in [5.74, 6) is 0.487. The number of hydrogen-bond acceptors (Lipinski definition) is 4. The second-order valence-corrected chi connectivity index (χ2v) is 7.79. The van der Waals surface area contributed by atoms with Crippen molar-refractivity contribution in [2.45, 2.75) is 25.7 Å². The molecule has 0 spiro atoms. The van der Waals surface area contributed by atoms with Gasteiger partial charge < -0.3 is 4.84 Å². The van der Waals surface area contributed by atoms with Crippen molar-refractivity contribution < 1.29 is 13.3 Å². The second-order valence-electron chi connectivity index (χ2n) is 4.49. The fourth-order valence-corrected chi connectivity index (χ4v) is 4.77. The van der Waals surface area contributed by atoms with Gasteiger partial charge in [0.25, 0.3) is 10.0 Å².